The van der Waals surface area contributed by atoms with E-state index < -0.39 is 0 Å². The first kappa shape index (κ1) is 11.9. The standard InChI is InChI=1S/C12H23N3O/c13-10-4-1-3-9(7-10)12(16)15-8-11-5-2-6-14-11/h9-11,14H,1-8,13H2,(H,15,16). The number of carbonyl (C=O) groups excluding carboxylic acids is 1. The third-order valence-corrected chi connectivity index (χ3v) is 3.77. The molecule has 0 radical (unpaired) electrons. The zero-order valence-corrected chi connectivity index (χ0v) is 9.87. The van der Waals surface area contributed by atoms with Crippen molar-refractivity contribution in [2.45, 2.75) is 50.6 Å². The summed E-state index contributed by atoms with van der Waals surface area (Å²) < 4.78 is 0. The molecule has 1 amide bonds. The highest BCUT2D eigenvalue weighted by Crippen LogP contribution is 2.23. The zero-order chi connectivity index (χ0) is 11.4. The predicted octanol–water partition coefficient (Wildman–Crippen LogP) is 0.372. The molecule has 0 spiro atoms. The number of hydrogen-bond donors (Lipinski definition) is 3. The first-order valence-electron chi connectivity index (χ1n) is 6.52. The maximum absolute atomic E-state index is 11.9. The fraction of sp³-hybridized carbons (Fsp3) is 0.917. The number of nitrogens with two attached hydrogens (primary N) is 1. The van der Waals surface area contributed by atoms with Crippen LogP contribution in [0.4, 0.5) is 0 Å². The molecule has 4 N–H and O–H groups in total. The molecule has 3 atom stereocenters. The second-order valence-corrected chi connectivity index (χ2v) is 5.16. The molecular weight excluding hydrogens is 202 g/mol. The van der Waals surface area contributed by atoms with Crippen LogP contribution in [0.5, 0.6) is 0 Å². The summed E-state index contributed by atoms with van der Waals surface area (Å²) >= 11 is 0. The Hall–Kier alpha value is -0.610. The molecule has 0 aromatic rings. The van der Waals surface area contributed by atoms with Crippen molar-refractivity contribution in [2.24, 2.45) is 11.7 Å². The Morgan fingerprint density at radius 1 is 1.31 bits per heavy atom. The van der Waals surface area contributed by atoms with Crippen LogP contribution in [-0.4, -0.2) is 31.1 Å². The van der Waals surface area contributed by atoms with Crippen LogP contribution in [0.25, 0.3) is 0 Å². The van der Waals surface area contributed by atoms with E-state index in [1.165, 1.54) is 12.8 Å². The topological polar surface area (TPSA) is 67.2 Å². The van der Waals surface area contributed by atoms with E-state index in [1.54, 1.807) is 0 Å². The van der Waals surface area contributed by atoms with Gasteiger partial charge in [0.25, 0.3) is 0 Å². The van der Waals surface area contributed by atoms with Gasteiger partial charge in [-0.1, -0.05) is 6.42 Å². The van der Waals surface area contributed by atoms with E-state index in [9.17, 15) is 4.79 Å². The maximum Gasteiger partial charge on any atom is 0.223 e. The summed E-state index contributed by atoms with van der Waals surface area (Å²) in [5.41, 5.74) is 5.89. The molecule has 1 saturated heterocycles. The van der Waals surface area contributed by atoms with Crippen LogP contribution < -0.4 is 16.4 Å². The molecule has 2 fully saturated rings. The van der Waals surface area contributed by atoms with Crippen molar-refractivity contribution in [3.63, 3.8) is 0 Å². The first-order chi connectivity index (χ1) is 7.75. The molecule has 1 aliphatic heterocycles. The molecule has 92 valence electrons. The fourth-order valence-corrected chi connectivity index (χ4v) is 2.76. The van der Waals surface area contributed by atoms with Gasteiger partial charge in [-0.05, 0) is 38.6 Å². The summed E-state index contributed by atoms with van der Waals surface area (Å²) in [5, 5.41) is 6.44. The summed E-state index contributed by atoms with van der Waals surface area (Å²) in [6.45, 7) is 1.87. The van der Waals surface area contributed by atoms with E-state index in [1.807, 2.05) is 0 Å². The Kier molecular flexibility index (Phi) is 4.18. The largest absolute Gasteiger partial charge is 0.354 e. The van der Waals surface area contributed by atoms with Crippen LogP contribution in [0.15, 0.2) is 0 Å². The van der Waals surface area contributed by atoms with Crippen LogP contribution in [0, 0.1) is 5.92 Å². The molecule has 1 saturated carbocycles. The number of hydrogen-bond acceptors (Lipinski definition) is 3. The zero-order valence-electron chi connectivity index (χ0n) is 9.87. The lowest BCUT2D eigenvalue weighted by molar-refractivity contribution is -0.126. The summed E-state index contributed by atoms with van der Waals surface area (Å²) in [4.78, 5) is 11.9. The molecule has 1 heterocycles. The third kappa shape index (κ3) is 3.19. The number of amides is 1. The van der Waals surface area contributed by atoms with Gasteiger partial charge in [-0.15, -0.1) is 0 Å². The highest BCUT2D eigenvalue weighted by Gasteiger charge is 2.25. The minimum absolute atomic E-state index is 0.158. The predicted molar refractivity (Wildman–Crippen MR) is 64.0 cm³/mol. The van der Waals surface area contributed by atoms with Crippen LogP contribution in [0.3, 0.4) is 0 Å². The lowest BCUT2D eigenvalue weighted by Crippen LogP contribution is -2.42. The van der Waals surface area contributed by atoms with Crippen LogP contribution in [-0.2, 0) is 4.79 Å². The van der Waals surface area contributed by atoms with Crippen LogP contribution in [0.2, 0.25) is 0 Å². The average Bonchev–Trinajstić information content (AvgIpc) is 2.78. The van der Waals surface area contributed by atoms with Gasteiger partial charge in [-0.25, -0.2) is 0 Å². The van der Waals surface area contributed by atoms with Gasteiger partial charge < -0.3 is 16.4 Å². The van der Waals surface area contributed by atoms with Crippen LogP contribution in [0.1, 0.15) is 38.5 Å². The SMILES string of the molecule is NC1CCCC(C(=O)NCC2CCCN2)C1. The normalized spacial score (nSPS) is 34.9. The first-order valence-corrected chi connectivity index (χ1v) is 6.52. The molecule has 0 aromatic carbocycles. The molecule has 2 aliphatic rings. The Bertz CT molecular complexity index is 238. The van der Waals surface area contributed by atoms with Gasteiger partial charge >= 0.3 is 0 Å². The van der Waals surface area contributed by atoms with Crippen molar-refractivity contribution >= 4 is 5.91 Å². The Morgan fingerprint density at radius 2 is 2.19 bits per heavy atom. The summed E-state index contributed by atoms with van der Waals surface area (Å²) in [7, 11) is 0. The Morgan fingerprint density at radius 3 is 2.88 bits per heavy atom. The van der Waals surface area contributed by atoms with E-state index in [4.69, 9.17) is 5.73 Å². The Labute approximate surface area is 97.3 Å². The maximum atomic E-state index is 11.9. The molecule has 3 unspecified atom stereocenters. The highest BCUT2D eigenvalue weighted by atomic mass is 16.1. The van der Waals surface area contributed by atoms with Gasteiger partial charge in [-0.3, -0.25) is 4.79 Å². The lowest BCUT2D eigenvalue weighted by atomic mass is 9.85. The van der Waals surface area contributed by atoms with Crippen molar-refractivity contribution < 1.29 is 4.79 Å². The number of nitrogens with one attached hydrogen (secondary N) is 2. The van der Waals surface area contributed by atoms with Crippen LogP contribution >= 0.6 is 0 Å². The van der Waals surface area contributed by atoms with Gasteiger partial charge in [0.2, 0.25) is 5.91 Å². The second kappa shape index (κ2) is 5.64. The van der Waals surface area contributed by atoms with Gasteiger partial charge in [-0.2, -0.15) is 0 Å². The van der Waals surface area contributed by atoms with E-state index in [-0.39, 0.29) is 17.9 Å². The monoisotopic (exact) mass is 225 g/mol. The molecule has 4 heteroatoms. The molecule has 2 rings (SSSR count). The minimum atomic E-state index is 0.158. The van der Waals surface area contributed by atoms with Gasteiger partial charge in [0.15, 0.2) is 0 Å². The fourth-order valence-electron chi connectivity index (χ4n) is 2.76. The molecule has 4 nitrogen and oxygen atoms in total. The van der Waals surface area contributed by atoms with Gasteiger partial charge in [0.05, 0.1) is 0 Å². The number of rotatable bonds is 3. The van der Waals surface area contributed by atoms with Gasteiger partial charge in [0.1, 0.15) is 0 Å². The summed E-state index contributed by atoms with van der Waals surface area (Å²) in [6.07, 6.45) is 6.47. The second-order valence-electron chi connectivity index (χ2n) is 5.16. The summed E-state index contributed by atoms with van der Waals surface area (Å²) in [5.74, 6) is 0.369. The molecule has 1 aliphatic carbocycles. The van der Waals surface area contributed by atoms with E-state index in [2.05, 4.69) is 10.6 Å². The smallest absolute Gasteiger partial charge is 0.223 e. The lowest BCUT2D eigenvalue weighted by Gasteiger charge is -2.26. The highest BCUT2D eigenvalue weighted by molar-refractivity contribution is 5.78. The summed E-state index contributed by atoms with van der Waals surface area (Å²) in [6, 6.07) is 0.718. The number of carbonyl (C=O) groups is 1. The molecular formula is C12H23N3O. The third-order valence-electron chi connectivity index (χ3n) is 3.77. The molecule has 0 aromatic heterocycles. The van der Waals surface area contributed by atoms with E-state index >= 15 is 0 Å². The Balaban J connectivity index is 1.70. The molecule has 16 heavy (non-hydrogen) atoms. The quantitative estimate of drug-likeness (QED) is 0.650. The van der Waals surface area contributed by atoms with Crippen molar-refractivity contribution in [2.75, 3.05) is 13.1 Å². The van der Waals surface area contributed by atoms with Crippen molar-refractivity contribution in [3.8, 4) is 0 Å². The van der Waals surface area contributed by atoms with Crippen molar-refractivity contribution in [1.82, 2.24) is 10.6 Å². The minimum Gasteiger partial charge on any atom is -0.354 e. The average molecular weight is 225 g/mol. The van der Waals surface area contributed by atoms with E-state index in [0.717, 1.165) is 38.8 Å². The van der Waals surface area contributed by atoms with Crippen molar-refractivity contribution in [3.05, 3.63) is 0 Å². The van der Waals surface area contributed by atoms with E-state index in [0.29, 0.717) is 6.04 Å². The van der Waals surface area contributed by atoms with Crippen molar-refractivity contribution in [1.29, 1.82) is 0 Å². The van der Waals surface area contributed by atoms with Gasteiger partial charge in [0, 0.05) is 24.5 Å². The molecule has 0 bridgehead atoms.